The minimum atomic E-state index is -0.488. The predicted molar refractivity (Wildman–Crippen MR) is 120 cm³/mol. The summed E-state index contributed by atoms with van der Waals surface area (Å²) in [6.07, 6.45) is 2.07. The largest absolute Gasteiger partial charge is 0.376 e. The van der Waals surface area contributed by atoms with Crippen LogP contribution >= 0.6 is 11.8 Å². The van der Waals surface area contributed by atoms with Crippen molar-refractivity contribution < 1.29 is 14.3 Å². The van der Waals surface area contributed by atoms with Gasteiger partial charge in [-0.15, -0.1) is 0 Å². The van der Waals surface area contributed by atoms with Crippen molar-refractivity contribution in [2.75, 3.05) is 18.5 Å². The maximum Gasteiger partial charge on any atom is 0.242 e. The van der Waals surface area contributed by atoms with E-state index in [0.29, 0.717) is 11.7 Å². The van der Waals surface area contributed by atoms with Crippen molar-refractivity contribution >= 4 is 40.1 Å². The number of anilines is 1. The fourth-order valence-electron chi connectivity index (χ4n) is 3.58. The predicted octanol–water partition coefficient (Wildman–Crippen LogP) is 4.13. The summed E-state index contributed by atoms with van der Waals surface area (Å²) < 4.78 is 5.73. The van der Waals surface area contributed by atoms with Crippen molar-refractivity contribution in [3.8, 4) is 0 Å². The Morgan fingerprint density at radius 1 is 1.20 bits per heavy atom. The number of nitrogens with zero attached hydrogens (tertiary/aromatic N) is 2. The number of benzene rings is 2. The lowest BCUT2D eigenvalue weighted by Crippen LogP contribution is -2.38. The Kier molecular flexibility index (Phi) is 6.50. The van der Waals surface area contributed by atoms with E-state index in [-0.39, 0.29) is 24.3 Å². The number of aryl methyl sites for hydroxylation is 1. The molecule has 7 heteroatoms. The second-order valence-electron chi connectivity index (χ2n) is 7.49. The topological polar surface area (TPSA) is 71.0 Å². The van der Waals surface area contributed by atoms with Gasteiger partial charge in [-0.25, -0.2) is 4.99 Å². The molecule has 2 saturated heterocycles. The van der Waals surface area contributed by atoms with Crippen molar-refractivity contribution in [3.05, 3.63) is 60.2 Å². The Labute approximate surface area is 180 Å². The first-order chi connectivity index (χ1) is 14.6. The van der Waals surface area contributed by atoms with Gasteiger partial charge in [-0.3, -0.25) is 14.5 Å². The number of aliphatic imine (C=N–C) groups is 1. The maximum atomic E-state index is 13.1. The standard InChI is InChI=1S/C23H25N3O3S/c1-16-8-5-6-12-19(16)25-21(27)14-20-22(28)26(15-18-11-7-13-29-18)23(30-20)24-17-9-3-2-4-10-17/h2-6,8-10,12,18,20H,7,11,13-15H2,1H3,(H,25,27)/t18-,20+/m1/s1. The molecule has 2 aromatic carbocycles. The molecule has 156 valence electrons. The normalized spacial score (nSPS) is 22.6. The smallest absolute Gasteiger partial charge is 0.242 e. The third kappa shape index (κ3) is 4.91. The van der Waals surface area contributed by atoms with Gasteiger partial charge in [0.05, 0.1) is 18.3 Å². The SMILES string of the molecule is Cc1ccccc1NC(=O)C[C@@H]1SC(=Nc2ccccc2)N(C[C@H]2CCCO2)C1=O. The maximum absolute atomic E-state index is 13.1. The molecule has 30 heavy (non-hydrogen) atoms. The summed E-state index contributed by atoms with van der Waals surface area (Å²) in [5.74, 6) is -0.252. The Hall–Kier alpha value is -2.64. The molecule has 0 radical (unpaired) electrons. The molecule has 2 aliphatic rings. The lowest BCUT2D eigenvalue weighted by atomic mass is 10.2. The van der Waals surface area contributed by atoms with Gasteiger partial charge in [-0.2, -0.15) is 0 Å². The molecule has 4 rings (SSSR count). The van der Waals surface area contributed by atoms with Crippen molar-refractivity contribution in [3.63, 3.8) is 0 Å². The molecular weight excluding hydrogens is 398 g/mol. The highest BCUT2D eigenvalue weighted by Crippen LogP contribution is 2.33. The van der Waals surface area contributed by atoms with E-state index in [1.54, 1.807) is 4.90 Å². The zero-order chi connectivity index (χ0) is 20.9. The molecule has 6 nitrogen and oxygen atoms in total. The lowest BCUT2D eigenvalue weighted by Gasteiger charge is -2.20. The summed E-state index contributed by atoms with van der Waals surface area (Å²) in [5, 5.41) is 3.07. The molecule has 2 fully saturated rings. The van der Waals surface area contributed by atoms with Crippen LogP contribution in [0.25, 0.3) is 0 Å². The number of amides is 2. The van der Waals surface area contributed by atoms with Crippen LogP contribution in [0.4, 0.5) is 11.4 Å². The van der Waals surface area contributed by atoms with Crippen LogP contribution in [0.2, 0.25) is 0 Å². The zero-order valence-corrected chi connectivity index (χ0v) is 17.7. The molecule has 0 aliphatic carbocycles. The van der Waals surface area contributed by atoms with E-state index in [0.717, 1.165) is 36.4 Å². The van der Waals surface area contributed by atoms with Crippen LogP contribution in [-0.4, -0.2) is 46.4 Å². The number of ether oxygens (including phenoxy) is 1. The first-order valence-corrected chi connectivity index (χ1v) is 11.1. The van der Waals surface area contributed by atoms with Gasteiger partial charge in [0.2, 0.25) is 11.8 Å². The van der Waals surface area contributed by atoms with E-state index < -0.39 is 5.25 Å². The molecule has 0 unspecified atom stereocenters. The molecule has 2 aromatic rings. The molecule has 0 spiro atoms. The Bertz CT molecular complexity index is 942. The highest BCUT2D eigenvalue weighted by molar-refractivity contribution is 8.15. The Morgan fingerprint density at radius 3 is 2.70 bits per heavy atom. The van der Waals surface area contributed by atoms with Crippen molar-refractivity contribution in [1.82, 2.24) is 4.90 Å². The number of carbonyl (C=O) groups is 2. The minimum absolute atomic E-state index is 0.0232. The lowest BCUT2D eigenvalue weighted by molar-refractivity contribution is -0.129. The third-order valence-corrected chi connectivity index (χ3v) is 6.38. The van der Waals surface area contributed by atoms with Gasteiger partial charge in [0.1, 0.15) is 5.25 Å². The van der Waals surface area contributed by atoms with E-state index in [9.17, 15) is 9.59 Å². The van der Waals surface area contributed by atoms with E-state index >= 15 is 0 Å². The van der Waals surface area contributed by atoms with Crippen LogP contribution in [0, 0.1) is 6.92 Å². The van der Waals surface area contributed by atoms with Crippen LogP contribution in [0.5, 0.6) is 0 Å². The van der Waals surface area contributed by atoms with Gasteiger partial charge in [-0.1, -0.05) is 48.2 Å². The summed E-state index contributed by atoms with van der Waals surface area (Å²) in [5.41, 5.74) is 2.55. The van der Waals surface area contributed by atoms with E-state index in [4.69, 9.17) is 4.74 Å². The number of amidine groups is 1. The van der Waals surface area contributed by atoms with Crippen LogP contribution in [0.1, 0.15) is 24.8 Å². The fourth-order valence-corrected chi connectivity index (χ4v) is 4.75. The van der Waals surface area contributed by atoms with Crippen LogP contribution in [0.3, 0.4) is 0 Å². The molecular formula is C23H25N3O3S. The van der Waals surface area contributed by atoms with Gasteiger partial charge in [0.15, 0.2) is 5.17 Å². The monoisotopic (exact) mass is 423 g/mol. The van der Waals surface area contributed by atoms with Crippen LogP contribution in [0.15, 0.2) is 59.6 Å². The number of hydrogen-bond donors (Lipinski definition) is 1. The number of hydrogen-bond acceptors (Lipinski definition) is 5. The zero-order valence-electron chi connectivity index (χ0n) is 16.9. The summed E-state index contributed by atoms with van der Waals surface area (Å²) in [6, 6.07) is 17.2. The highest BCUT2D eigenvalue weighted by Gasteiger charge is 2.40. The Morgan fingerprint density at radius 2 is 1.97 bits per heavy atom. The number of rotatable bonds is 6. The molecule has 2 aliphatic heterocycles. The number of para-hydroxylation sites is 2. The Balaban J connectivity index is 1.49. The third-order valence-electron chi connectivity index (χ3n) is 5.20. The number of thioether (sulfide) groups is 1. The van der Waals surface area contributed by atoms with Crippen molar-refractivity contribution in [2.45, 2.75) is 37.5 Å². The van der Waals surface area contributed by atoms with E-state index in [1.165, 1.54) is 11.8 Å². The van der Waals surface area contributed by atoms with Crippen LogP contribution in [-0.2, 0) is 14.3 Å². The van der Waals surface area contributed by atoms with Gasteiger partial charge in [0.25, 0.3) is 0 Å². The molecule has 0 aromatic heterocycles. The summed E-state index contributed by atoms with van der Waals surface area (Å²) >= 11 is 1.36. The highest BCUT2D eigenvalue weighted by atomic mass is 32.2. The quantitative estimate of drug-likeness (QED) is 0.758. The first kappa shape index (κ1) is 20.6. The number of carbonyl (C=O) groups excluding carboxylic acids is 2. The van der Waals surface area contributed by atoms with Gasteiger partial charge in [0, 0.05) is 18.7 Å². The minimum Gasteiger partial charge on any atom is -0.376 e. The molecule has 0 saturated carbocycles. The van der Waals surface area contributed by atoms with Gasteiger partial charge < -0.3 is 10.1 Å². The second kappa shape index (κ2) is 9.45. The average molecular weight is 424 g/mol. The van der Waals surface area contributed by atoms with Crippen molar-refractivity contribution in [2.24, 2.45) is 4.99 Å². The van der Waals surface area contributed by atoms with E-state index in [2.05, 4.69) is 10.3 Å². The molecule has 1 N–H and O–H groups in total. The summed E-state index contributed by atoms with van der Waals surface area (Å²) in [6.45, 7) is 3.15. The summed E-state index contributed by atoms with van der Waals surface area (Å²) in [7, 11) is 0. The number of nitrogens with one attached hydrogen (secondary N) is 1. The van der Waals surface area contributed by atoms with Crippen LogP contribution < -0.4 is 5.32 Å². The second-order valence-corrected chi connectivity index (χ2v) is 8.66. The molecule has 2 heterocycles. The van der Waals surface area contributed by atoms with Gasteiger partial charge >= 0.3 is 0 Å². The average Bonchev–Trinajstić information content (AvgIpc) is 3.35. The first-order valence-electron chi connectivity index (χ1n) is 10.2. The van der Waals surface area contributed by atoms with E-state index in [1.807, 2.05) is 61.5 Å². The van der Waals surface area contributed by atoms with Gasteiger partial charge in [-0.05, 0) is 43.5 Å². The fraction of sp³-hybridized carbons (Fsp3) is 0.348. The molecule has 0 bridgehead atoms. The molecule has 2 amide bonds. The van der Waals surface area contributed by atoms with Crippen molar-refractivity contribution in [1.29, 1.82) is 0 Å². The summed E-state index contributed by atoms with van der Waals surface area (Å²) in [4.78, 5) is 32.1. The molecule has 2 atom stereocenters.